The van der Waals surface area contributed by atoms with Crippen molar-refractivity contribution in [3.05, 3.63) is 17.5 Å². The highest BCUT2D eigenvalue weighted by Crippen LogP contribution is 2.20. The second kappa shape index (κ2) is 4.37. The molecule has 0 spiro atoms. The van der Waals surface area contributed by atoms with Crippen molar-refractivity contribution >= 4 is 11.9 Å². The number of carbonyl (C=O) groups is 1. The largest absolute Gasteiger partial charge is 0.369 e. The second-order valence-corrected chi connectivity index (χ2v) is 4.14. The number of anilines is 1. The minimum absolute atomic E-state index is 0.148. The van der Waals surface area contributed by atoms with E-state index in [1.165, 1.54) is 0 Å². The molecule has 1 saturated heterocycles. The molecule has 88 valence electrons. The molecule has 6 heteroatoms. The number of rotatable bonds is 2. The molecule has 1 aliphatic rings. The van der Waals surface area contributed by atoms with Crippen LogP contribution in [0.4, 0.5) is 5.95 Å². The van der Waals surface area contributed by atoms with Crippen LogP contribution >= 0.6 is 0 Å². The Balaban J connectivity index is 2.22. The zero-order chi connectivity index (χ0) is 12.4. The number of nitriles is 1. The summed E-state index contributed by atoms with van der Waals surface area (Å²) in [7, 11) is 0. The Bertz CT molecular complexity index is 493. The third kappa shape index (κ3) is 2.33. The van der Waals surface area contributed by atoms with Gasteiger partial charge in [-0.3, -0.25) is 4.79 Å². The summed E-state index contributed by atoms with van der Waals surface area (Å²) in [6.45, 7) is 3.04. The number of hydrogen-bond donors (Lipinski definition) is 1. The van der Waals surface area contributed by atoms with E-state index in [2.05, 4.69) is 9.97 Å². The summed E-state index contributed by atoms with van der Waals surface area (Å²) < 4.78 is 0. The fourth-order valence-corrected chi connectivity index (χ4v) is 1.93. The average Bonchev–Trinajstić information content (AvgIpc) is 2.77. The van der Waals surface area contributed by atoms with Crippen molar-refractivity contribution < 1.29 is 4.79 Å². The molecule has 1 aromatic heterocycles. The molecular weight excluding hydrogens is 218 g/mol. The first kappa shape index (κ1) is 11.3. The third-order valence-electron chi connectivity index (χ3n) is 2.83. The van der Waals surface area contributed by atoms with Crippen LogP contribution in [0.3, 0.4) is 0 Å². The molecule has 6 nitrogen and oxygen atoms in total. The van der Waals surface area contributed by atoms with Crippen LogP contribution in [0.2, 0.25) is 0 Å². The van der Waals surface area contributed by atoms with E-state index in [0.717, 1.165) is 5.69 Å². The normalized spacial score (nSPS) is 19.1. The molecule has 17 heavy (non-hydrogen) atoms. The van der Waals surface area contributed by atoms with Gasteiger partial charge in [0, 0.05) is 18.8 Å². The standard InChI is InChI=1S/C11H13N5O/c1-7-4-9(5-12)15-11(14-7)16-3-2-8(6-16)10(13)17/h4,8H,2-3,6H2,1H3,(H2,13,17). The van der Waals surface area contributed by atoms with Crippen molar-refractivity contribution in [3.8, 4) is 6.07 Å². The first-order valence-electron chi connectivity index (χ1n) is 5.40. The number of aromatic nitrogens is 2. The Kier molecular flexibility index (Phi) is 2.91. The highest BCUT2D eigenvalue weighted by atomic mass is 16.1. The van der Waals surface area contributed by atoms with E-state index in [4.69, 9.17) is 11.0 Å². The molecule has 0 aliphatic carbocycles. The maximum Gasteiger partial charge on any atom is 0.226 e. The molecule has 0 radical (unpaired) electrons. The Morgan fingerprint density at radius 1 is 1.65 bits per heavy atom. The lowest BCUT2D eigenvalue weighted by atomic mass is 10.1. The fourth-order valence-electron chi connectivity index (χ4n) is 1.93. The third-order valence-corrected chi connectivity index (χ3v) is 2.83. The van der Waals surface area contributed by atoms with Gasteiger partial charge >= 0.3 is 0 Å². The summed E-state index contributed by atoms with van der Waals surface area (Å²) in [5.41, 5.74) is 6.35. The smallest absolute Gasteiger partial charge is 0.226 e. The molecule has 0 aromatic carbocycles. The van der Waals surface area contributed by atoms with Gasteiger partial charge in [-0.1, -0.05) is 0 Å². The Morgan fingerprint density at radius 3 is 3.00 bits per heavy atom. The molecule has 1 unspecified atom stereocenters. The first-order valence-corrected chi connectivity index (χ1v) is 5.40. The predicted molar refractivity (Wildman–Crippen MR) is 61.0 cm³/mol. The highest BCUT2D eigenvalue weighted by Gasteiger charge is 2.28. The molecule has 2 heterocycles. The zero-order valence-corrected chi connectivity index (χ0v) is 9.55. The van der Waals surface area contributed by atoms with Gasteiger partial charge in [-0.05, 0) is 19.4 Å². The van der Waals surface area contributed by atoms with Crippen molar-refractivity contribution in [2.24, 2.45) is 11.7 Å². The summed E-state index contributed by atoms with van der Waals surface area (Å²) in [6, 6.07) is 3.63. The molecular formula is C11H13N5O. The molecule has 1 fully saturated rings. The summed E-state index contributed by atoms with van der Waals surface area (Å²) in [5.74, 6) is 0.0654. The van der Waals surface area contributed by atoms with E-state index in [0.29, 0.717) is 31.2 Å². The highest BCUT2D eigenvalue weighted by molar-refractivity contribution is 5.78. The summed E-state index contributed by atoms with van der Waals surface area (Å²) >= 11 is 0. The van der Waals surface area contributed by atoms with Gasteiger partial charge in [0.1, 0.15) is 11.8 Å². The van der Waals surface area contributed by atoms with Gasteiger partial charge in [0.05, 0.1) is 5.92 Å². The van der Waals surface area contributed by atoms with Gasteiger partial charge in [-0.25, -0.2) is 9.97 Å². The predicted octanol–water partition coefficient (Wildman–Crippen LogP) is -0.0317. The Hall–Kier alpha value is -2.16. The Morgan fingerprint density at radius 2 is 2.41 bits per heavy atom. The number of primary amides is 1. The lowest BCUT2D eigenvalue weighted by Gasteiger charge is -2.15. The number of aryl methyl sites for hydroxylation is 1. The van der Waals surface area contributed by atoms with Crippen LogP contribution in [-0.2, 0) is 4.79 Å². The van der Waals surface area contributed by atoms with Crippen LogP contribution in [-0.4, -0.2) is 29.0 Å². The van der Waals surface area contributed by atoms with Crippen LogP contribution in [0.1, 0.15) is 17.8 Å². The van der Waals surface area contributed by atoms with Gasteiger partial charge in [0.25, 0.3) is 0 Å². The first-order chi connectivity index (χ1) is 8.10. The number of carbonyl (C=O) groups excluding carboxylic acids is 1. The monoisotopic (exact) mass is 231 g/mol. The van der Waals surface area contributed by atoms with Crippen molar-refractivity contribution in [2.45, 2.75) is 13.3 Å². The van der Waals surface area contributed by atoms with Gasteiger partial charge < -0.3 is 10.6 Å². The maximum absolute atomic E-state index is 11.1. The van der Waals surface area contributed by atoms with E-state index in [1.54, 1.807) is 6.07 Å². The van der Waals surface area contributed by atoms with E-state index in [-0.39, 0.29) is 11.8 Å². The fraction of sp³-hybridized carbons (Fsp3) is 0.455. The summed E-state index contributed by atoms with van der Waals surface area (Å²) in [6.07, 6.45) is 0.717. The minimum Gasteiger partial charge on any atom is -0.369 e. The minimum atomic E-state index is -0.291. The summed E-state index contributed by atoms with van der Waals surface area (Å²) in [4.78, 5) is 21.4. The Labute approximate surface area is 99.1 Å². The quantitative estimate of drug-likeness (QED) is 0.771. The van der Waals surface area contributed by atoms with Crippen molar-refractivity contribution in [3.63, 3.8) is 0 Å². The molecule has 2 rings (SSSR count). The maximum atomic E-state index is 11.1. The number of amides is 1. The van der Waals surface area contributed by atoms with Crippen LogP contribution in [0.5, 0.6) is 0 Å². The van der Waals surface area contributed by atoms with E-state index in [9.17, 15) is 4.79 Å². The van der Waals surface area contributed by atoms with E-state index >= 15 is 0 Å². The number of hydrogen-bond acceptors (Lipinski definition) is 5. The molecule has 1 aromatic rings. The van der Waals surface area contributed by atoms with Crippen LogP contribution < -0.4 is 10.6 Å². The average molecular weight is 231 g/mol. The molecule has 1 amide bonds. The molecule has 2 N–H and O–H groups in total. The van der Waals surface area contributed by atoms with Crippen LogP contribution in [0, 0.1) is 24.2 Å². The van der Waals surface area contributed by atoms with Gasteiger partial charge in [-0.2, -0.15) is 5.26 Å². The summed E-state index contributed by atoms with van der Waals surface area (Å²) in [5, 5.41) is 8.84. The van der Waals surface area contributed by atoms with Crippen molar-refractivity contribution in [1.82, 2.24) is 9.97 Å². The van der Waals surface area contributed by atoms with Crippen molar-refractivity contribution in [2.75, 3.05) is 18.0 Å². The van der Waals surface area contributed by atoms with Gasteiger partial charge in [-0.15, -0.1) is 0 Å². The number of nitrogens with two attached hydrogens (primary N) is 1. The topological polar surface area (TPSA) is 95.9 Å². The van der Waals surface area contributed by atoms with Crippen molar-refractivity contribution in [1.29, 1.82) is 5.26 Å². The molecule has 1 aliphatic heterocycles. The molecule has 1 atom stereocenters. The van der Waals surface area contributed by atoms with E-state index in [1.807, 2.05) is 17.9 Å². The van der Waals surface area contributed by atoms with Gasteiger partial charge in [0.2, 0.25) is 11.9 Å². The zero-order valence-electron chi connectivity index (χ0n) is 9.55. The number of nitrogens with zero attached hydrogens (tertiary/aromatic N) is 4. The lowest BCUT2D eigenvalue weighted by molar-refractivity contribution is -0.121. The molecule has 0 saturated carbocycles. The van der Waals surface area contributed by atoms with Crippen LogP contribution in [0.25, 0.3) is 0 Å². The second-order valence-electron chi connectivity index (χ2n) is 4.14. The SMILES string of the molecule is Cc1cc(C#N)nc(N2CCC(C(N)=O)C2)n1. The lowest BCUT2D eigenvalue weighted by Crippen LogP contribution is -2.28. The van der Waals surface area contributed by atoms with E-state index < -0.39 is 0 Å². The van der Waals surface area contributed by atoms with Gasteiger partial charge in [0.15, 0.2) is 0 Å². The molecule has 0 bridgehead atoms. The van der Waals surface area contributed by atoms with Crippen LogP contribution in [0.15, 0.2) is 6.07 Å².